The van der Waals surface area contributed by atoms with Crippen LogP contribution in [0.3, 0.4) is 0 Å². The largest absolute Gasteiger partial charge is 0.369 e. The third-order valence-electron chi connectivity index (χ3n) is 4.29. The Morgan fingerprint density at radius 2 is 1.88 bits per heavy atom. The van der Waals surface area contributed by atoms with Crippen molar-refractivity contribution in [3.05, 3.63) is 42.1 Å². The van der Waals surface area contributed by atoms with E-state index in [9.17, 15) is 0 Å². The van der Waals surface area contributed by atoms with E-state index in [0.29, 0.717) is 0 Å². The van der Waals surface area contributed by atoms with Crippen LogP contribution >= 0.6 is 0 Å². The van der Waals surface area contributed by atoms with Gasteiger partial charge in [-0.05, 0) is 58.6 Å². The molecule has 6 nitrogen and oxygen atoms in total. The molecule has 0 saturated heterocycles. The molecule has 0 radical (unpaired) electrons. The minimum atomic E-state index is 0.892. The van der Waals surface area contributed by atoms with Crippen molar-refractivity contribution in [2.45, 2.75) is 20.3 Å². The van der Waals surface area contributed by atoms with Crippen LogP contribution in [0.2, 0.25) is 0 Å². The van der Waals surface area contributed by atoms with E-state index >= 15 is 0 Å². The van der Waals surface area contributed by atoms with Crippen molar-refractivity contribution in [3.8, 4) is 5.69 Å². The van der Waals surface area contributed by atoms with Crippen molar-refractivity contribution in [1.29, 1.82) is 0 Å². The molecule has 3 rings (SSSR count). The van der Waals surface area contributed by atoms with Gasteiger partial charge in [-0.1, -0.05) is 0 Å². The lowest BCUT2D eigenvalue weighted by molar-refractivity contribution is 0.405. The molecule has 0 spiro atoms. The van der Waals surface area contributed by atoms with Gasteiger partial charge in [0, 0.05) is 24.6 Å². The van der Waals surface area contributed by atoms with Gasteiger partial charge in [-0.2, -0.15) is 0 Å². The summed E-state index contributed by atoms with van der Waals surface area (Å²) < 4.78 is 2.17. The zero-order valence-corrected chi connectivity index (χ0v) is 14.7. The van der Waals surface area contributed by atoms with Gasteiger partial charge >= 0.3 is 0 Å². The molecule has 0 amide bonds. The average molecular weight is 324 g/mol. The summed E-state index contributed by atoms with van der Waals surface area (Å²) in [5.41, 5.74) is 4.38. The number of rotatable bonds is 6. The van der Waals surface area contributed by atoms with Gasteiger partial charge in [0.2, 0.25) is 0 Å². The number of nitrogens with one attached hydrogen (secondary N) is 1. The number of aromatic nitrogens is 4. The van der Waals surface area contributed by atoms with Crippen molar-refractivity contribution >= 4 is 16.9 Å². The van der Waals surface area contributed by atoms with E-state index in [0.717, 1.165) is 42.0 Å². The second kappa shape index (κ2) is 6.97. The molecule has 3 aromatic heterocycles. The molecule has 3 aromatic rings. The molecule has 0 aliphatic carbocycles. The van der Waals surface area contributed by atoms with Crippen LogP contribution in [-0.2, 0) is 0 Å². The van der Waals surface area contributed by atoms with E-state index in [4.69, 9.17) is 0 Å². The standard InChI is InChI=1S/C18H24N6/c1-13-14(2)24(15-6-9-19-10-7-15)18-16(13)17(21-12-22-18)20-8-5-11-23(3)4/h6-7,9-10,12H,5,8,11H2,1-4H3,(H,20,21,22). The van der Waals surface area contributed by atoms with Gasteiger partial charge in [0.15, 0.2) is 5.65 Å². The molecule has 0 aliphatic heterocycles. The second-order valence-corrected chi connectivity index (χ2v) is 6.26. The summed E-state index contributed by atoms with van der Waals surface area (Å²) in [7, 11) is 4.18. The fraction of sp³-hybridized carbons (Fsp3) is 0.389. The Hall–Kier alpha value is -2.47. The highest BCUT2D eigenvalue weighted by atomic mass is 15.1. The molecular weight excluding hydrogens is 300 g/mol. The van der Waals surface area contributed by atoms with Gasteiger partial charge < -0.3 is 10.2 Å². The number of aryl methyl sites for hydroxylation is 1. The van der Waals surface area contributed by atoms with Crippen LogP contribution in [0.5, 0.6) is 0 Å². The first-order valence-electron chi connectivity index (χ1n) is 8.21. The normalized spacial score (nSPS) is 11.4. The maximum absolute atomic E-state index is 4.54. The quantitative estimate of drug-likeness (QED) is 0.707. The number of pyridine rings is 1. The first-order chi connectivity index (χ1) is 11.6. The summed E-state index contributed by atoms with van der Waals surface area (Å²) >= 11 is 0. The Labute approximate surface area is 142 Å². The molecule has 24 heavy (non-hydrogen) atoms. The number of anilines is 1. The molecule has 0 aromatic carbocycles. The highest BCUT2D eigenvalue weighted by Gasteiger charge is 2.17. The van der Waals surface area contributed by atoms with E-state index in [2.05, 4.69) is 57.7 Å². The fourth-order valence-corrected chi connectivity index (χ4v) is 2.94. The van der Waals surface area contributed by atoms with Crippen LogP contribution in [-0.4, -0.2) is 51.6 Å². The Bertz CT molecular complexity index is 822. The monoisotopic (exact) mass is 324 g/mol. The van der Waals surface area contributed by atoms with E-state index in [-0.39, 0.29) is 0 Å². The van der Waals surface area contributed by atoms with Crippen molar-refractivity contribution in [2.75, 3.05) is 32.5 Å². The minimum absolute atomic E-state index is 0.892. The Balaban J connectivity index is 1.99. The van der Waals surface area contributed by atoms with Gasteiger partial charge in [0.05, 0.1) is 11.1 Å². The maximum atomic E-state index is 4.54. The van der Waals surface area contributed by atoms with Gasteiger partial charge in [-0.3, -0.25) is 9.55 Å². The predicted molar refractivity (Wildman–Crippen MR) is 97.8 cm³/mol. The van der Waals surface area contributed by atoms with Crippen LogP contribution in [0, 0.1) is 13.8 Å². The Kier molecular flexibility index (Phi) is 4.76. The van der Waals surface area contributed by atoms with Crippen LogP contribution < -0.4 is 5.32 Å². The van der Waals surface area contributed by atoms with Gasteiger partial charge in [-0.25, -0.2) is 9.97 Å². The lowest BCUT2D eigenvalue weighted by Gasteiger charge is -2.11. The summed E-state index contributed by atoms with van der Waals surface area (Å²) in [5, 5.41) is 4.57. The molecule has 0 unspecified atom stereocenters. The molecule has 0 atom stereocenters. The highest BCUT2D eigenvalue weighted by molar-refractivity contribution is 5.93. The van der Waals surface area contributed by atoms with E-state index in [1.54, 1.807) is 18.7 Å². The number of fused-ring (bicyclic) bond motifs is 1. The Morgan fingerprint density at radius 3 is 2.58 bits per heavy atom. The highest BCUT2D eigenvalue weighted by Crippen LogP contribution is 2.30. The summed E-state index contributed by atoms with van der Waals surface area (Å²) in [6, 6.07) is 4.00. The zero-order valence-electron chi connectivity index (χ0n) is 14.7. The molecular formula is C18H24N6. The number of hydrogen-bond donors (Lipinski definition) is 1. The van der Waals surface area contributed by atoms with E-state index in [1.165, 1.54) is 11.3 Å². The molecule has 1 N–H and O–H groups in total. The Morgan fingerprint density at radius 1 is 1.12 bits per heavy atom. The topological polar surface area (TPSA) is 58.9 Å². The van der Waals surface area contributed by atoms with Crippen LogP contribution in [0.1, 0.15) is 17.7 Å². The predicted octanol–water partition coefficient (Wildman–Crippen LogP) is 2.80. The fourth-order valence-electron chi connectivity index (χ4n) is 2.94. The first kappa shape index (κ1) is 16.4. The third kappa shape index (κ3) is 3.10. The summed E-state index contributed by atoms with van der Waals surface area (Å²) in [5.74, 6) is 0.909. The number of hydrogen-bond acceptors (Lipinski definition) is 5. The van der Waals surface area contributed by atoms with Crippen LogP contribution in [0.25, 0.3) is 16.7 Å². The van der Waals surface area contributed by atoms with Crippen molar-refractivity contribution < 1.29 is 0 Å². The molecule has 126 valence electrons. The molecule has 0 aliphatic rings. The lowest BCUT2D eigenvalue weighted by Crippen LogP contribution is -2.16. The van der Waals surface area contributed by atoms with Crippen LogP contribution in [0.4, 0.5) is 5.82 Å². The maximum Gasteiger partial charge on any atom is 0.150 e. The molecule has 0 fully saturated rings. The molecule has 6 heteroatoms. The second-order valence-electron chi connectivity index (χ2n) is 6.26. The van der Waals surface area contributed by atoms with Crippen molar-refractivity contribution in [1.82, 2.24) is 24.4 Å². The minimum Gasteiger partial charge on any atom is -0.369 e. The summed E-state index contributed by atoms with van der Waals surface area (Å²) in [6.45, 7) is 6.19. The average Bonchev–Trinajstić information content (AvgIpc) is 2.84. The van der Waals surface area contributed by atoms with E-state index < -0.39 is 0 Å². The molecule has 0 saturated carbocycles. The summed E-state index contributed by atoms with van der Waals surface area (Å²) in [6.07, 6.45) is 6.31. The third-order valence-corrected chi connectivity index (χ3v) is 4.29. The van der Waals surface area contributed by atoms with Gasteiger partial charge in [0.25, 0.3) is 0 Å². The molecule has 3 heterocycles. The van der Waals surface area contributed by atoms with Gasteiger partial charge in [0.1, 0.15) is 12.1 Å². The smallest absolute Gasteiger partial charge is 0.150 e. The molecule has 0 bridgehead atoms. The zero-order chi connectivity index (χ0) is 17.1. The first-order valence-corrected chi connectivity index (χ1v) is 8.21. The van der Waals surface area contributed by atoms with Gasteiger partial charge in [-0.15, -0.1) is 0 Å². The summed E-state index contributed by atoms with van der Waals surface area (Å²) in [4.78, 5) is 15.3. The number of nitrogens with zero attached hydrogens (tertiary/aromatic N) is 5. The lowest BCUT2D eigenvalue weighted by atomic mass is 10.2. The van der Waals surface area contributed by atoms with Crippen LogP contribution in [0.15, 0.2) is 30.9 Å². The SMILES string of the molecule is Cc1c(C)n(-c2ccncc2)c2ncnc(NCCCN(C)C)c12. The van der Waals surface area contributed by atoms with Crippen molar-refractivity contribution in [3.63, 3.8) is 0 Å². The van der Waals surface area contributed by atoms with E-state index in [1.807, 2.05) is 12.1 Å². The van der Waals surface area contributed by atoms with Crippen molar-refractivity contribution in [2.24, 2.45) is 0 Å².